The predicted molar refractivity (Wildman–Crippen MR) is 121 cm³/mol. The van der Waals surface area contributed by atoms with Gasteiger partial charge in [0.05, 0.1) is 8.07 Å². The van der Waals surface area contributed by atoms with E-state index in [0.29, 0.717) is 6.61 Å². The third kappa shape index (κ3) is 3.49. The summed E-state index contributed by atoms with van der Waals surface area (Å²) in [5.41, 5.74) is 5.13. The summed E-state index contributed by atoms with van der Waals surface area (Å²) in [6.45, 7) is 16.3. The Kier molecular flexibility index (Phi) is 6.15. The van der Waals surface area contributed by atoms with Crippen LogP contribution in [0.15, 0.2) is 48.6 Å². The summed E-state index contributed by atoms with van der Waals surface area (Å²) in [5, 5.41) is 1.56. The molecular weight excluding hydrogens is 344 g/mol. The Morgan fingerprint density at radius 3 is 2.63 bits per heavy atom. The van der Waals surface area contributed by atoms with Crippen molar-refractivity contribution in [2.45, 2.75) is 65.1 Å². The van der Waals surface area contributed by atoms with Gasteiger partial charge in [-0.2, -0.15) is 0 Å². The van der Waals surface area contributed by atoms with E-state index in [1.165, 1.54) is 36.1 Å². The van der Waals surface area contributed by atoms with Gasteiger partial charge in [-0.05, 0) is 54.8 Å². The molecule has 2 aliphatic carbocycles. The summed E-state index contributed by atoms with van der Waals surface area (Å²) >= 11 is 0. The van der Waals surface area contributed by atoms with Crippen LogP contribution in [0.1, 0.15) is 44.7 Å². The van der Waals surface area contributed by atoms with Gasteiger partial charge in [-0.25, -0.2) is 0 Å². The SMILES string of the molecule is C=CCOc1c(C)cc(C)cc1[Si](CC)(CC)C1C2=CC=CCC2CC1C. The third-order valence-electron chi connectivity index (χ3n) is 7.06. The molecule has 0 aliphatic heterocycles. The summed E-state index contributed by atoms with van der Waals surface area (Å²) < 4.78 is 6.30. The fraction of sp³-hybridized carbons (Fsp3) is 0.520. The molecule has 3 rings (SSSR count). The number of allylic oxidation sites excluding steroid dienone is 4. The maximum Gasteiger partial charge on any atom is 0.121 e. The lowest BCUT2D eigenvalue weighted by molar-refractivity contribution is 0.363. The van der Waals surface area contributed by atoms with Crippen molar-refractivity contribution >= 4 is 13.3 Å². The van der Waals surface area contributed by atoms with Crippen molar-refractivity contribution in [1.82, 2.24) is 0 Å². The second kappa shape index (κ2) is 8.22. The fourth-order valence-electron chi connectivity index (χ4n) is 5.96. The maximum absolute atomic E-state index is 6.30. The van der Waals surface area contributed by atoms with E-state index < -0.39 is 8.07 Å². The highest BCUT2D eigenvalue weighted by Gasteiger charge is 2.51. The first-order chi connectivity index (χ1) is 13.0. The normalized spacial score (nSPS) is 24.5. The minimum atomic E-state index is -1.78. The van der Waals surface area contributed by atoms with Crippen LogP contribution in [0.5, 0.6) is 5.75 Å². The molecule has 1 saturated carbocycles. The molecule has 146 valence electrons. The van der Waals surface area contributed by atoms with E-state index in [1.54, 1.807) is 10.8 Å². The molecule has 0 amide bonds. The minimum absolute atomic E-state index is 0.586. The highest BCUT2D eigenvalue weighted by molar-refractivity contribution is 6.94. The van der Waals surface area contributed by atoms with Crippen LogP contribution < -0.4 is 9.92 Å². The molecule has 0 spiro atoms. The largest absolute Gasteiger partial charge is 0.489 e. The van der Waals surface area contributed by atoms with Crippen molar-refractivity contribution < 1.29 is 4.74 Å². The summed E-state index contributed by atoms with van der Waals surface area (Å²) in [5.74, 6) is 2.68. The van der Waals surface area contributed by atoms with Crippen LogP contribution in [0, 0.1) is 25.7 Å². The van der Waals surface area contributed by atoms with Gasteiger partial charge in [0, 0.05) is 0 Å². The van der Waals surface area contributed by atoms with Crippen molar-refractivity contribution in [3.8, 4) is 5.75 Å². The van der Waals surface area contributed by atoms with E-state index >= 15 is 0 Å². The monoisotopic (exact) mass is 380 g/mol. The van der Waals surface area contributed by atoms with Crippen LogP contribution in [0.2, 0.25) is 17.6 Å². The molecule has 1 aromatic carbocycles. The Morgan fingerprint density at radius 1 is 1.22 bits per heavy atom. The van der Waals surface area contributed by atoms with Gasteiger partial charge in [-0.1, -0.05) is 87.0 Å². The van der Waals surface area contributed by atoms with E-state index in [0.717, 1.165) is 23.1 Å². The summed E-state index contributed by atoms with van der Waals surface area (Å²) in [7, 11) is -1.78. The molecule has 2 heteroatoms. The molecule has 1 nitrogen and oxygen atoms in total. The summed E-state index contributed by atoms with van der Waals surface area (Å²) in [6.07, 6.45) is 11.6. The molecule has 0 bridgehead atoms. The molecule has 0 saturated heterocycles. The first-order valence-electron chi connectivity index (χ1n) is 10.7. The van der Waals surface area contributed by atoms with Crippen LogP contribution in [-0.4, -0.2) is 14.7 Å². The van der Waals surface area contributed by atoms with E-state index in [2.05, 4.69) is 71.6 Å². The highest BCUT2D eigenvalue weighted by Crippen LogP contribution is 2.55. The van der Waals surface area contributed by atoms with Gasteiger partial charge in [0.1, 0.15) is 12.4 Å². The van der Waals surface area contributed by atoms with Gasteiger partial charge in [-0.15, -0.1) is 0 Å². The van der Waals surface area contributed by atoms with Gasteiger partial charge in [0.2, 0.25) is 0 Å². The second-order valence-electron chi connectivity index (χ2n) is 8.64. The molecule has 1 aromatic rings. The molecule has 0 heterocycles. The number of aryl methyl sites for hydroxylation is 2. The van der Waals surface area contributed by atoms with E-state index in [9.17, 15) is 0 Å². The minimum Gasteiger partial charge on any atom is -0.489 e. The van der Waals surface area contributed by atoms with E-state index in [1.807, 2.05) is 6.08 Å². The number of rotatable bonds is 7. The molecule has 27 heavy (non-hydrogen) atoms. The Hall–Kier alpha value is -1.54. The van der Waals surface area contributed by atoms with Gasteiger partial charge in [0.25, 0.3) is 0 Å². The summed E-state index contributed by atoms with van der Waals surface area (Å²) in [4.78, 5) is 0. The highest BCUT2D eigenvalue weighted by atomic mass is 28.3. The molecular formula is C25H36OSi. The van der Waals surface area contributed by atoms with Gasteiger partial charge >= 0.3 is 0 Å². The molecule has 3 unspecified atom stereocenters. The Labute approximate surface area is 167 Å². The lowest BCUT2D eigenvalue weighted by Crippen LogP contribution is -2.53. The van der Waals surface area contributed by atoms with Crippen molar-refractivity contribution in [1.29, 1.82) is 0 Å². The maximum atomic E-state index is 6.30. The average Bonchev–Trinajstić information content (AvgIpc) is 2.99. The number of fused-ring (bicyclic) bond motifs is 1. The van der Waals surface area contributed by atoms with Gasteiger partial charge in [0.15, 0.2) is 0 Å². The number of ether oxygens (including phenoxy) is 1. The third-order valence-corrected chi connectivity index (χ3v) is 13.1. The molecule has 0 aromatic heterocycles. The molecule has 1 fully saturated rings. The topological polar surface area (TPSA) is 9.23 Å². The van der Waals surface area contributed by atoms with Crippen LogP contribution >= 0.6 is 0 Å². The molecule has 2 aliphatic rings. The zero-order valence-corrected chi connectivity index (χ0v) is 18.8. The predicted octanol–water partition coefficient (Wildman–Crippen LogP) is 6.48. The van der Waals surface area contributed by atoms with Gasteiger partial charge < -0.3 is 4.74 Å². The van der Waals surface area contributed by atoms with Gasteiger partial charge in [-0.3, -0.25) is 0 Å². The fourth-order valence-corrected chi connectivity index (χ4v) is 11.9. The van der Waals surface area contributed by atoms with Crippen LogP contribution in [-0.2, 0) is 0 Å². The van der Waals surface area contributed by atoms with Crippen molar-refractivity contribution in [3.05, 3.63) is 59.7 Å². The number of hydrogen-bond donors (Lipinski definition) is 0. The van der Waals surface area contributed by atoms with Crippen molar-refractivity contribution in [2.24, 2.45) is 11.8 Å². The Balaban J connectivity index is 2.19. The standard InChI is InChI=1S/C25H36OSi/c1-7-14-26-24-19(5)15-18(4)16-23(24)27(8-2,9-3)25-20(6)17-21-12-10-11-13-22(21)25/h7,10-11,13,15-16,20-21,25H,1,8-9,12,14,17H2,2-6H3. The van der Waals surface area contributed by atoms with E-state index in [4.69, 9.17) is 4.74 Å². The average molecular weight is 381 g/mol. The Bertz CT molecular complexity index is 754. The van der Waals surface area contributed by atoms with Crippen LogP contribution in [0.25, 0.3) is 0 Å². The zero-order valence-electron chi connectivity index (χ0n) is 17.8. The Morgan fingerprint density at radius 2 is 1.96 bits per heavy atom. The number of benzene rings is 1. The van der Waals surface area contributed by atoms with Crippen molar-refractivity contribution in [3.63, 3.8) is 0 Å². The number of hydrogen-bond acceptors (Lipinski definition) is 1. The lowest BCUT2D eigenvalue weighted by Gasteiger charge is -2.41. The lowest BCUT2D eigenvalue weighted by atomic mass is 9.94. The first-order valence-corrected chi connectivity index (χ1v) is 13.2. The molecule has 3 atom stereocenters. The summed E-state index contributed by atoms with van der Waals surface area (Å²) in [6, 6.07) is 7.29. The second-order valence-corrected chi connectivity index (χ2v) is 13.5. The smallest absolute Gasteiger partial charge is 0.121 e. The molecule has 0 N–H and O–H groups in total. The quantitative estimate of drug-likeness (QED) is 0.389. The first kappa shape index (κ1) is 20.2. The van der Waals surface area contributed by atoms with Crippen molar-refractivity contribution in [2.75, 3.05) is 6.61 Å². The van der Waals surface area contributed by atoms with Crippen LogP contribution in [0.4, 0.5) is 0 Å². The molecule has 0 radical (unpaired) electrons. The zero-order chi connectivity index (χ0) is 19.6. The van der Waals surface area contributed by atoms with Crippen LogP contribution in [0.3, 0.4) is 0 Å². The van der Waals surface area contributed by atoms with E-state index in [-0.39, 0.29) is 0 Å².